The van der Waals surface area contributed by atoms with Crippen molar-refractivity contribution in [3.8, 4) is 0 Å². The molecule has 0 spiro atoms. The van der Waals surface area contributed by atoms with E-state index in [-0.39, 0.29) is 12.4 Å². The molecular formula is C11H12N4O3. The Bertz CT molecular complexity index is 618. The number of rotatable bonds is 2. The van der Waals surface area contributed by atoms with Gasteiger partial charge in [0.1, 0.15) is 0 Å². The maximum Gasteiger partial charge on any atom is 0.435 e. The highest BCUT2D eigenvalue weighted by molar-refractivity contribution is 6.08. The van der Waals surface area contributed by atoms with Crippen LogP contribution in [0.25, 0.3) is 10.9 Å². The van der Waals surface area contributed by atoms with Gasteiger partial charge in [0, 0.05) is 10.9 Å². The molecule has 0 fully saturated rings. The lowest BCUT2D eigenvalue weighted by Crippen LogP contribution is -2.15. The van der Waals surface area contributed by atoms with Crippen LogP contribution in [0.5, 0.6) is 0 Å². The predicted octanol–water partition coefficient (Wildman–Crippen LogP) is 1.14. The number of oxime groups is 1. The van der Waals surface area contributed by atoms with Crippen molar-refractivity contribution in [3.05, 3.63) is 30.0 Å². The molecule has 7 heteroatoms. The Balaban J connectivity index is 2.59. The summed E-state index contributed by atoms with van der Waals surface area (Å²) in [5, 5.41) is 16.2. The van der Waals surface area contributed by atoms with Gasteiger partial charge in [-0.1, -0.05) is 17.3 Å². The summed E-state index contributed by atoms with van der Waals surface area (Å²) in [4.78, 5) is 11.6. The molecule has 3 N–H and O–H groups in total. The second kappa shape index (κ2) is 4.74. The smallest absolute Gasteiger partial charge is 0.435 e. The second-order valence-corrected chi connectivity index (χ2v) is 3.48. The number of benzene rings is 1. The fraction of sp³-hybridized carbons (Fsp3) is 0.182. The van der Waals surface area contributed by atoms with Crippen molar-refractivity contribution < 1.29 is 14.7 Å². The minimum Gasteiger partial charge on any atom is -0.448 e. The Hall–Kier alpha value is -2.57. The summed E-state index contributed by atoms with van der Waals surface area (Å²) in [6.07, 6.45) is 0.906. The molecule has 0 saturated carbocycles. The van der Waals surface area contributed by atoms with Crippen molar-refractivity contribution in [1.29, 1.82) is 0 Å². The van der Waals surface area contributed by atoms with E-state index >= 15 is 0 Å². The lowest BCUT2D eigenvalue weighted by Gasteiger charge is -2.03. The maximum absolute atomic E-state index is 11.6. The molecule has 0 bridgehead atoms. The van der Waals surface area contributed by atoms with Gasteiger partial charge in [0.25, 0.3) is 0 Å². The van der Waals surface area contributed by atoms with Gasteiger partial charge in [-0.25, -0.2) is 4.79 Å². The van der Waals surface area contributed by atoms with Crippen LogP contribution in [0.4, 0.5) is 4.79 Å². The topological polar surface area (TPSA) is 103 Å². The Morgan fingerprint density at radius 2 is 2.39 bits per heavy atom. The predicted molar refractivity (Wildman–Crippen MR) is 64.7 cm³/mol. The molecule has 2 aromatic rings. The van der Waals surface area contributed by atoms with E-state index in [2.05, 4.69) is 10.3 Å². The van der Waals surface area contributed by atoms with Gasteiger partial charge in [-0.2, -0.15) is 9.78 Å². The monoisotopic (exact) mass is 248 g/mol. The largest absolute Gasteiger partial charge is 0.448 e. The second-order valence-electron chi connectivity index (χ2n) is 3.48. The van der Waals surface area contributed by atoms with Gasteiger partial charge in [-0.05, 0) is 13.0 Å². The van der Waals surface area contributed by atoms with Crippen LogP contribution in [0.15, 0.2) is 29.6 Å². The maximum atomic E-state index is 11.6. The van der Waals surface area contributed by atoms with Crippen LogP contribution in [0.2, 0.25) is 0 Å². The minimum absolute atomic E-state index is 0.0380. The SMILES string of the molecule is CCOC(=O)n1ncc2c(C(N)=NO)cccc21. The fourth-order valence-corrected chi connectivity index (χ4v) is 1.66. The standard InChI is InChI=1S/C11H12N4O3/c1-2-18-11(16)15-9-5-3-4-7(10(12)14-17)8(9)6-13-15/h3-6,17H,2H2,1H3,(H2,12,14). The van der Waals surface area contributed by atoms with Gasteiger partial charge >= 0.3 is 6.09 Å². The van der Waals surface area contributed by atoms with Crippen molar-refractivity contribution in [2.45, 2.75) is 6.92 Å². The Labute approximate surface area is 102 Å². The fourth-order valence-electron chi connectivity index (χ4n) is 1.66. The summed E-state index contributed by atoms with van der Waals surface area (Å²) in [5.41, 5.74) is 6.60. The number of carbonyl (C=O) groups is 1. The van der Waals surface area contributed by atoms with E-state index in [0.717, 1.165) is 4.68 Å². The number of fused-ring (bicyclic) bond motifs is 1. The zero-order valence-electron chi connectivity index (χ0n) is 9.70. The molecule has 0 unspecified atom stereocenters. The summed E-state index contributed by atoms with van der Waals surface area (Å²) < 4.78 is 6.00. The molecule has 0 radical (unpaired) electrons. The number of aromatic nitrogens is 2. The van der Waals surface area contributed by atoms with E-state index in [4.69, 9.17) is 15.7 Å². The van der Waals surface area contributed by atoms with E-state index < -0.39 is 6.09 Å². The number of nitrogens with zero attached hydrogens (tertiary/aromatic N) is 3. The summed E-state index contributed by atoms with van der Waals surface area (Å²) in [6.45, 7) is 1.98. The minimum atomic E-state index is -0.566. The molecule has 1 aromatic heterocycles. The van der Waals surface area contributed by atoms with Crippen LogP contribution < -0.4 is 5.73 Å². The van der Waals surface area contributed by atoms with E-state index in [9.17, 15) is 4.79 Å². The molecule has 0 aliphatic heterocycles. The molecule has 0 saturated heterocycles. The lowest BCUT2D eigenvalue weighted by atomic mass is 10.1. The van der Waals surface area contributed by atoms with Crippen LogP contribution >= 0.6 is 0 Å². The molecule has 2 rings (SSSR count). The number of ether oxygens (including phenoxy) is 1. The van der Waals surface area contributed by atoms with Crippen LogP contribution in [-0.2, 0) is 4.74 Å². The van der Waals surface area contributed by atoms with Crippen LogP contribution in [0.1, 0.15) is 12.5 Å². The first-order chi connectivity index (χ1) is 8.69. The summed E-state index contributed by atoms with van der Waals surface area (Å²) in [5.74, 6) is -0.0380. The Morgan fingerprint density at radius 3 is 3.06 bits per heavy atom. The van der Waals surface area contributed by atoms with Gasteiger partial charge in [0.2, 0.25) is 0 Å². The van der Waals surface area contributed by atoms with Gasteiger partial charge < -0.3 is 15.7 Å². The van der Waals surface area contributed by atoms with Crippen molar-refractivity contribution in [2.24, 2.45) is 10.9 Å². The first kappa shape index (κ1) is 11.9. The van der Waals surface area contributed by atoms with Crippen molar-refractivity contribution in [1.82, 2.24) is 9.78 Å². The molecule has 0 aliphatic carbocycles. The summed E-state index contributed by atoms with van der Waals surface area (Å²) in [7, 11) is 0. The zero-order valence-corrected chi connectivity index (χ0v) is 9.70. The highest BCUT2D eigenvalue weighted by atomic mass is 16.5. The number of amidine groups is 1. The normalized spacial score (nSPS) is 11.7. The number of nitrogens with two attached hydrogens (primary N) is 1. The van der Waals surface area contributed by atoms with Crippen LogP contribution in [0, 0.1) is 0 Å². The molecule has 0 atom stereocenters. The molecule has 94 valence electrons. The zero-order chi connectivity index (χ0) is 13.1. The van der Waals surface area contributed by atoms with Gasteiger partial charge in [0.15, 0.2) is 5.84 Å². The third kappa shape index (κ3) is 1.86. The molecule has 18 heavy (non-hydrogen) atoms. The van der Waals surface area contributed by atoms with Crippen molar-refractivity contribution in [3.63, 3.8) is 0 Å². The van der Waals surface area contributed by atoms with E-state index in [1.54, 1.807) is 25.1 Å². The average molecular weight is 248 g/mol. The summed E-state index contributed by atoms with van der Waals surface area (Å²) >= 11 is 0. The van der Waals surface area contributed by atoms with Crippen molar-refractivity contribution >= 4 is 22.8 Å². The Kier molecular flexibility index (Phi) is 3.13. The summed E-state index contributed by atoms with van der Waals surface area (Å²) in [6, 6.07) is 5.06. The van der Waals surface area contributed by atoms with Crippen LogP contribution in [0.3, 0.4) is 0 Å². The molecular weight excluding hydrogens is 236 g/mol. The van der Waals surface area contributed by atoms with Crippen LogP contribution in [-0.4, -0.2) is 33.5 Å². The third-order valence-corrected chi connectivity index (χ3v) is 2.44. The number of hydrogen-bond donors (Lipinski definition) is 2. The first-order valence-corrected chi connectivity index (χ1v) is 5.30. The lowest BCUT2D eigenvalue weighted by molar-refractivity contribution is 0.151. The highest BCUT2D eigenvalue weighted by Gasteiger charge is 2.14. The highest BCUT2D eigenvalue weighted by Crippen LogP contribution is 2.18. The molecule has 0 aliphatic rings. The molecule has 0 amide bonds. The Morgan fingerprint density at radius 1 is 1.61 bits per heavy atom. The quantitative estimate of drug-likeness (QED) is 0.359. The van der Waals surface area contributed by atoms with Gasteiger partial charge in [-0.3, -0.25) is 0 Å². The number of hydrogen-bond acceptors (Lipinski definition) is 5. The van der Waals surface area contributed by atoms with Gasteiger partial charge in [0.05, 0.1) is 18.3 Å². The average Bonchev–Trinajstić information content (AvgIpc) is 2.81. The molecule has 1 heterocycles. The molecule has 7 nitrogen and oxygen atoms in total. The van der Waals surface area contributed by atoms with E-state index in [0.29, 0.717) is 16.5 Å². The van der Waals surface area contributed by atoms with Gasteiger partial charge in [-0.15, -0.1) is 0 Å². The van der Waals surface area contributed by atoms with E-state index in [1.165, 1.54) is 6.20 Å². The third-order valence-electron chi connectivity index (χ3n) is 2.44. The number of carbonyl (C=O) groups excluding carboxylic acids is 1. The van der Waals surface area contributed by atoms with Crippen molar-refractivity contribution in [2.75, 3.05) is 6.61 Å². The van der Waals surface area contributed by atoms with E-state index in [1.807, 2.05) is 0 Å². The first-order valence-electron chi connectivity index (χ1n) is 5.30. The molecule has 1 aromatic carbocycles.